The second-order valence-corrected chi connectivity index (χ2v) is 8.09. The first-order valence-corrected chi connectivity index (χ1v) is 8.26. The Morgan fingerprint density at radius 3 is 2.65 bits per heavy atom. The van der Waals surface area contributed by atoms with Gasteiger partial charge in [-0.25, -0.2) is 0 Å². The molecular weight excluding hydrogens is 259 g/mol. The molecule has 3 aliphatic carbocycles. The number of rotatable bonds is 1. The molecule has 1 saturated heterocycles. The summed E-state index contributed by atoms with van der Waals surface area (Å²) in [6.07, 6.45) is 2.83. The minimum Gasteiger partial charge on any atom is -0.399 e. The summed E-state index contributed by atoms with van der Waals surface area (Å²) in [5.74, 6) is 2.61. The first kappa shape index (κ1) is 14.9. The topological polar surface area (TPSA) is 9.23 Å². The third-order valence-electron chi connectivity index (χ3n) is 5.73. The molecule has 3 saturated carbocycles. The van der Waals surface area contributed by atoms with Gasteiger partial charge < -0.3 is 4.74 Å². The summed E-state index contributed by atoms with van der Waals surface area (Å²) in [4.78, 5) is 0. The number of hydrogen-bond donors (Lipinski definition) is 0. The monoisotopic (exact) mass is 280 g/mol. The van der Waals surface area contributed by atoms with Gasteiger partial charge in [-0.15, -0.1) is 12.1 Å². The van der Waals surface area contributed by atoms with Crippen LogP contribution in [-0.2, 0) is 4.74 Å². The van der Waals surface area contributed by atoms with E-state index in [1.807, 2.05) is 11.8 Å². The van der Waals surface area contributed by atoms with Crippen LogP contribution in [0.2, 0.25) is 0 Å². The maximum Gasteiger partial charge on any atom is 1.00 e. The zero-order valence-electron chi connectivity index (χ0n) is 12.6. The van der Waals surface area contributed by atoms with Crippen LogP contribution in [0.1, 0.15) is 32.3 Å². The van der Waals surface area contributed by atoms with Gasteiger partial charge >= 0.3 is 18.9 Å². The van der Waals surface area contributed by atoms with Gasteiger partial charge in [-0.2, -0.15) is 29.5 Å². The summed E-state index contributed by atoms with van der Waals surface area (Å²) < 4.78 is 6.10. The van der Waals surface area contributed by atoms with E-state index in [1.165, 1.54) is 18.4 Å². The van der Waals surface area contributed by atoms with Gasteiger partial charge in [-0.1, -0.05) is 19.9 Å². The van der Waals surface area contributed by atoms with Crippen LogP contribution in [0, 0.1) is 28.6 Å². The van der Waals surface area contributed by atoms with E-state index in [0.29, 0.717) is 5.41 Å². The van der Waals surface area contributed by atoms with Crippen LogP contribution in [0.3, 0.4) is 0 Å². The Bertz CT molecular complexity index is 475. The number of benzene rings is 1. The quantitative estimate of drug-likeness (QED) is 0.567. The van der Waals surface area contributed by atoms with E-state index in [9.17, 15) is 0 Å². The third kappa shape index (κ3) is 2.17. The molecule has 4 fully saturated rings. The summed E-state index contributed by atoms with van der Waals surface area (Å²) in [5, 5.41) is 0.792. The molecule has 4 aliphatic rings. The minimum absolute atomic E-state index is 0. The minimum atomic E-state index is 0. The molecule has 4 atom stereocenters. The van der Waals surface area contributed by atoms with Crippen LogP contribution >= 0.6 is 11.8 Å². The zero-order chi connectivity index (χ0) is 13.0. The maximum absolute atomic E-state index is 6.10. The fourth-order valence-electron chi connectivity index (χ4n) is 4.33. The molecule has 1 aromatic rings. The van der Waals surface area contributed by atoms with Crippen LogP contribution in [0.5, 0.6) is 0 Å². The molecule has 1 aliphatic heterocycles. The van der Waals surface area contributed by atoms with Gasteiger partial charge in [-0.3, -0.25) is 0 Å². The Kier molecular flexibility index (Phi) is 3.97. The second kappa shape index (κ2) is 5.32. The van der Waals surface area contributed by atoms with Crippen molar-refractivity contribution < 1.29 is 23.6 Å². The van der Waals surface area contributed by atoms with Gasteiger partial charge in [0, 0.05) is 17.3 Å². The maximum atomic E-state index is 6.10. The van der Waals surface area contributed by atoms with Crippen LogP contribution in [0.4, 0.5) is 0 Å². The molecule has 0 aromatic heterocycles. The number of ether oxygens (including phenoxy) is 1. The van der Waals surface area contributed by atoms with Gasteiger partial charge in [0.25, 0.3) is 0 Å². The molecule has 4 unspecified atom stereocenters. The molecule has 1 aromatic carbocycles. The van der Waals surface area contributed by atoms with Crippen molar-refractivity contribution in [2.75, 3.05) is 6.61 Å². The van der Waals surface area contributed by atoms with E-state index in [4.69, 9.17) is 4.74 Å². The van der Waals surface area contributed by atoms with Crippen molar-refractivity contribution in [1.29, 1.82) is 0 Å². The average Bonchev–Trinajstić information content (AvgIpc) is 2.46. The van der Waals surface area contributed by atoms with Crippen molar-refractivity contribution in [3.05, 3.63) is 41.3 Å². The van der Waals surface area contributed by atoms with E-state index in [0.717, 1.165) is 35.0 Å². The van der Waals surface area contributed by atoms with Crippen molar-refractivity contribution in [2.45, 2.75) is 31.9 Å². The van der Waals surface area contributed by atoms with Gasteiger partial charge in [0.05, 0.1) is 0 Å². The Hall–Kier alpha value is -0.00260. The molecule has 20 heavy (non-hydrogen) atoms. The van der Waals surface area contributed by atoms with Crippen molar-refractivity contribution in [3.8, 4) is 0 Å². The van der Waals surface area contributed by atoms with E-state index in [1.54, 1.807) is 0 Å². The second-order valence-electron chi connectivity index (χ2n) is 6.88. The molecule has 102 valence electrons. The largest absolute Gasteiger partial charge is 1.00 e. The molecule has 1 nitrogen and oxygen atoms in total. The molecule has 2 bridgehead atoms. The molecule has 0 radical (unpaired) electrons. The predicted octanol–water partition coefficient (Wildman–Crippen LogP) is 1.34. The molecule has 3 heteroatoms. The van der Waals surface area contributed by atoms with Gasteiger partial charge in [0.2, 0.25) is 0 Å². The Morgan fingerprint density at radius 1 is 1.20 bits per heavy atom. The zero-order valence-corrected chi connectivity index (χ0v) is 13.5. The Balaban J connectivity index is 0.00000121. The molecule has 0 amide bonds. The smallest absolute Gasteiger partial charge is 0.399 e. The first-order chi connectivity index (χ1) is 9.16. The normalized spacial score (nSPS) is 37.4. The van der Waals surface area contributed by atoms with Crippen molar-refractivity contribution in [2.24, 2.45) is 23.2 Å². The van der Waals surface area contributed by atoms with Crippen LogP contribution < -0.4 is 18.9 Å². The number of thioether (sulfide) groups is 1. The molecule has 0 spiro atoms. The first-order valence-electron chi connectivity index (χ1n) is 7.38. The third-order valence-corrected chi connectivity index (χ3v) is 7.14. The predicted molar refractivity (Wildman–Crippen MR) is 79.6 cm³/mol. The molecular formula is C17H21LiOS. The van der Waals surface area contributed by atoms with Crippen LogP contribution in [-0.4, -0.2) is 11.9 Å². The Labute approximate surface area is 138 Å². The summed E-state index contributed by atoms with van der Waals surface area (Å²) in [7, 11) is 0. The van der Waals surface area contributed by atoms with Gasteiger partial charge in [-0.05, 0) is 36.0 Å². The van der Waals surface area contributed by atoms with Gasteiger partial charge in [0.1, 0.15) is 0 Å². The fourth-order valence-corrected chi connectivity index (χ4v) is 5.78. The summed E-state index contributed by atoms with van der Waals surface area (Å²) in [5.41, 5.74) is 2.97. The van der Waals surface area contributed by atoms with E-state index < -0.39 is 0 Å². The van der Waals surface area contributed by atoms with Crippen molar-refractivity contribution in [1.82, 2.24) is 0 Å². The molecule has 5 rings (SSSR count). The van der Waals surface area contributed by atoms with Crippen LogP contribution in [0.25, 0.3) is 0 Å². The van der Waals surface area contributed by atoms with Gasteiger partial charge in [0.15, 0.2) is 0 Å². The summed E-state index contributed by atoms with van der Waals surface area (Å²) >= 11 is 2.00. The van der Waals surface area contributed by atoms with Crippen molar-refractivity contribution >= 4 is 11.8 Å². The van der Waals surface area contributed by atoms with Crippen molar-refractivity contribution in [3.63, 3.8) is 0 Å². The van der Waals surface area contributed by atoms with E-state index >= 15 is 0 Å². The van der Waals surface area contributed by atoms with Crippen LogP contribution in [0.15, 0.2) is 30.3 Å². The number of hydrogen-bond acceptors (Lipinski definition) is 2. The molecule has 0 N–H and O–H groups in total. The van der Waals surface area contributed by atoms with E-state index in [-0.39, 0.29) is 18.9 Å². The SMILES string of the molecule is CC1(C)C2CC3S[C-](c4ccccc4)OCC3C1C2.[Li+]. The van der Waals surface area contributed by atoms with E-state index in [2.05, 4.69) is 44.2 Å². The Morgan fingerprint density at radius 2 is 1.95 bits per heavy atom. The standard InChI is InChI=1S/C17H21OS.Li/c1-17(2)12-8-14(17)13-10-18-16(19-15(13)9-12)11-6-4-3-5-7-11;/h3-7,12-15H,8-10H2,1-2H3;/q-1;+1. The summed E-state index contributed by atoms with van der Waals surface area (Å²) in [6, 6.07) is 10.6. The fraction of sp³-hybridized carbons (Fsp3) is 0.588. The summed E-state index contributed by atoms with van der Waals surface area (Å²) in [6.45, 7) is 5.86. The average molecular weight is 280 g/mol. The molecule has 1 heterocycles.